The number of hydroxylamine groups is 2. The smallest absolute Gasteiger partial charge is 0.374 e. The highest BCUT2D eigenvalue weighted by molar-refractivity contribution is 7.80. The Morgan fingerprint density at radius 3 is 2.00 bits per heavy atom. The molecule has 0 aliphatic carbocycles. The van der Waals surface area contributed by atoms with Crippen molar-refractivity contribution < 1.29 is 29.0 Å². The van der Waals surface area contributed by atoms with Gasteiger partial charge in [-0.05, 0) is 74.4 Å². The highest BCUT2D eigenvalue weighted by Crippen LogP contribution is 2.50. The van der Waals surface area contributed by atoms with Gasteiger partial charge in [-0.3, -0.25) is 4.90 Å². The Hall–Kier alpha value is -2.35. The van der Waals surface area contributed by atoms with Crippen LogP contribution in [0.4, 0.5) is 0 Å². The van der Waals surface area contributed by atoms with Crippen molar-refractivity contribution in [3.63, 3.8) is 0 Å². The molecular formula is C38H50Cl2N5O6P. The lowest BCUT2D eigenvalue weighted by molar-refractivity contribution is -0.209. The number of nitrogens with one attached hydrogen (secondary N) is 1. The third kappa shape index (κ3) is 8.47. The second-order valence-electron chi connectivity index (χ2n) is 14.2. The van der Waals surface area contributed by atoms with E-state index in [1.165, 1.54) is 12.8 Å². The van der Waals surface area contributed by atoms with Crippen molar-refractivity contribution in [2.24, 2.45) is 0 Å². The van der Waals surface area contributed by atoms with Crippen molar-refractivity contribution in [2.75, 3.05) is 32.7 Å². The Bertz CT molecular complexity index is 1570. The van der Waals surface area contributed by atoms with Crippen LogP contribution in [0.5, 0.6) is 0 Å². The third-order valence-electron chi connectivity index (χ3n) is 10.9. The van der Waals surface area contributed by atoms with Crippen LogP contribution in [0.3, 0.4) is 0 Å². The van der Waals surface area contributed by atoms with Crippen molar-refractivity contribution in [3.05, 3.63) is 119 Å². The molecule has 4 heterocycles. The van der Waals surface area contributed by atoms with Crippen molar-refractivity contribution >= 4 is 30.6 Å². The van der Waals surface area contributed by atoms with Crippen LogP contribution in [0.25, 0.3) is 0 Å². The van der Waals surface area contributed by atoms with Crippen molar-refractivity contribution in [1.29, 1.82) is 0 Å². The van der Waals surface area contributed by atoms with Crippen molar-refractivity contribution in [3.8, 4) is 0 Å². The normalized spacial score (nSPS) is 29.2. The van der Waals surface area contributed by atoms with E-state index in [4.69, 9.17) is 20.6 Å². The van der Waals surface area contributed by atoms with E-state index < -0.39 is 37.4 Å². The van der Waals surface area contributed by atoms with Gasteiger partial charge in [-0.1, -0.05) is 91.0 Å². The number of likely N-dealkylation sites (tertiary alicyclic amines) is 1. The molecule has 7 rings (SSSR count). The number of nitrogens with zero attached hydrogens (tertiary/aromatic N) is 4. The standard InChI is InChI=1S/C38H49ClN5O6P.ClH/c1-28-25-43(37(46)40-36(28)45)35-27-42(38(29-13-5-2-6-14-29,30-15-7-3-8-16-30)31-17-9-4-10-18-31)26-34(49-35)24-33-23-32(41-20-11-12-21-41)19-22-44(33)50-51(39,47)48;/h2-10,13-18,25,32-37,40,45-46H,11-12,19-24,26-27H2,1H3,(H,47,48);1H/t32?,33?,34-,35+,36?,37?;/m0./s1. The number of rotatable bonds is 10. The van der Waals surface area contributed by atoms with E-state index >= 15 is 0 Å². The number of aliphatic hydroxyl groups is 2. The number of ether oxygens (including phenoxy) is 1. The molecule has 3 fully saturated rings. The first kappa shape index (κ1) is 39.3. The predicted molar refractivity (Wildman–Crippen MR) is 203 cm³/mol. The van der Waals surface area contributed by atoms with Crippen LogP contribution in [0.1, 0.15) is 55.7 Å². The summed E-state index contributed by atoms with van der Waals surface area (Å²) in [5, 5.41) is 26.2. The number of hydrogen-bond acceptors (Lipinski definition) is 10. The van der Waals surface area contributed by atoms with Gasteiger partial charge in [0.1, 0.15) is 12.5 Å². The summed E-state index contributed by atoms with van der Waals surface area (Å²) in [5.41, 5.74) is 3.15. The fourth-order valence-electron chi connectivity index (χ4n) is 8.65. The first-order valence-corrected chi connectivity index (χ1v) is 20.5. The van der Waals surface area contributed by atoms with Gasteiger partial charge in [0.05, 0.1) is 11.6 Å². The number of morpholine rings is 1. The molecule has 0 saturated carbocycles. The third-order valence-corrected chi connectivity index (χ3v) is 11.5. The Morgan fingerprint density at radius 2 is 1.46 bits per heavy atom. The summed E-state index contributed by atoms with van der Waals surface area (Å²) in [6.07, 6.45) is 2.95. The fraction of sp³-hybridized carbons (Fsp3) is 0.474. The first-order chi connectivity index (χ1) is 24.6. The molecular weight excluding hydrogens is 724 g/mol. The van der Waals surface area contributed by atoms with Gasteiger partial charge in [-0.2, -0.15) is 5.06 Å². The van der Waals surface area contributed by atoms with E-state index in [-0.39, 0.29) is 18.4 Å². The Balaban J connectivity index is 0.00000464. The van der Waals surface area contributed by atoms with Gasteiger partial charge >= 0.3 is 6.95 Å². The molecule has 0 aromatic heterocycles. The fourth-order valence-corrected chi connectivity index (χ4v) is 9.36. The van der Waals surface area contributed by atoms with E-state index in [0.717, 1.165) is 42.6 Å². The van der Waals surface area contributed by atoms with Gasteiger partial charge in [0, 0.05) is 49.2 Å². The molecule has 282 valence electrons. The molecule has 4 aliphatic rings. The Labute approximate surface area is 317 Å². The summed E-state index contributed by atoms with van der Waals surface area (Å²) < 4.78 is 24.9. The van der Waals surface area contributed by atoms with Crippen LogP contribution in [-0.2, 0) is 19.5 Å². The van der Waals surface area contributed by atoms with Crippen LogP contribution >= 0.6 is 30.6 Å². The highest BCUT2D eigenvalue weighted by Gasteiger charge is 2.49. The number of halogens is 2. The molecule has 0 bridgehead atoms. The van der Waals surface area contributed by atoms with Crippen LogP contribution in [-0.4, -0.2) is 105 Å². The lowest BCUT2D eigenvalue weighted by Crippen LogP contribution is -2.65. The molecule has 4 aliphatic heterocycles. The van der Waals surface area contributed by atoms with Crippen LogP contribution in [0.2, 0.25) is 0 Å². The highest BCUT2D eigenvalue weighted by atomic mass is 35.7. The first-order valence-electron chi connectivity index (χ1n) is 18.0. The minimum atomic E-state index is -4.33. The quantitative estimate of drug-likeness (QED) is 0.156. The molecule has 14 heteroatoms. The maximum absolute atomic E-state index is 12.4. The zero-order chi connectivity index (χ0) is 35.6. The summed E-state index contributed by atoms with van der Waals surface area (Å²) in [5.74, 6) is 0. The summed E-state index contributed by atoms with van der Waals surface area (Å²) in [6, 6.07) is 31.5. The van der Waals surface area contributed by atoms with Crippen molar-refractivity contribution in [2.45, 2.75) is 81.6 Å². The van der Waals surface area contributed by atoms with Crippen LogP contribution < -0.4 is 5.32 Å². The topological polar surface area (TPSA) is 121 Å². The molecule has 0 amide bonds. The lowest BCUT2D eigenvalue weighted by atomic mass is 9.75. The predicted octanol–water partition coefficient (Wildman–Crippen LogP) is 5.42. The van der Waals surface area contributed by atoms with Gasteiger partial charge in [0.15, 0.2) is 6.35 Å². The van der Waals surface area contributed by atoms with E-state index in [9.17, 15) is 19.7 Å². The van der Waals surface area contributed by atoms with Crippen LogP contribution in [0, 0.1) is 0 Å². The largest absolute Gasteiger partial charge is 0.438 e. The van der Waals surface area contributed by atoms with E-state index in [0.29, 0.717) is 37.7 Å². The lowest BCUT2D eigenvalue weighted by Gasteiger charge is -2.53. The number of hydrogen-bond donors (Lipinski definition) is 4. The second kappa shape index (κ2) is 17.0. The van der Waals surface area contributed by atoms with Gasteiger partial charge < -0.3 is 29.6 Å². The van der Waals surface area contributed by atoms with Crippen LogP contribution in [0.15, 0.2) is 103 Å². The monoisotopic (exact) mass is 773 g/mol. The van der Waals surface area contributed by atoms with Gasteiger partial charge in [0.2, 0.25) is 0 Å². The Kier molecular flexibility index (Phi) is 12.8. The molecule has 3 saturated heterocycles. The molecule has 3 aromatic carbocycles. The van der Waals surface area contributed by atoms with E-state index in [1.807, 2.05) is 25.1 Å². The van der Waals surface area contributed by atoms with Crippen molar-refractivity contribution in [1.82, 2.24) is 25.1 Å². The summed E-state index contributed by atoms with van der Waals surface area (Å²) in [6.45, 7) is 0.963. The molecule has 0 radical (unpaired) electrons. The Morgan fingerprint density at radius 1 is 0.904 bits per heavy atom. The van der Waals surface area contributed by atoms with Gasteiger partial charge in [-0.15, -0.1) is 12.4 Å². The molecule has 4 N–H and O–H groups in total. The molecule has 5 unspecified atom stereocenters. The summed E-state index contributed by atoms with van der Waals surface area (Å²) >= 11 is 5.82. The molecule has 7 atom stereocenters. The average molecular weight is 775 g/mol. The molecule has 11 nitrogen and oxygen atoms in total. The minimum absolute atomic E-state index is 0. The maximum atomic E-state index is 12.4. The summed E-state index contributed by atoms with van der Waals surface area (Å²) in [7, 11) is 0. The summed E-state index contributed by atoms with van der Waals surface area (Å²) in [4.78, 5) is 16.8. The average Bonchev–Trinajstić information content (AvgIpc) is 3.67. The molecule has 3 aromatic rings. The zero-order valence-corrected chi connectivity index (χ0v) is 31.8. The number of aliphatic hydroxyl groups excluding tert-OH is 2. The maximum Gasteiger partial charge on any atom is 0.438 e. The number of benzene rings is 3. The number of piperidine rings is 1. The SMILES string of the molecule is CC1=CN([C@H]2CN(C(c3ccccc3)(c3ccccc3)c3ccccc3)C[C@H](CC3CC(N4CCCC4)CCN3OP(=O)(O)Cl)O2)C(O)NC1O.Cl. The van der Waals surface area contributed by atoms with E-state index in [1.54, 1.807) is 16.2 Å². The molecule has 52 heavy (non-hydrogen) atoms. The van der Waals surface area contributed by atoms with Gasteiger partial charge in [-0.25, -0.2) is 14.5 Å². The second-order valence-corrected chi connectivity index (χ2v) is 16.5. The van der Waals surface area contributed by atoms with E-state index in [2.05, 4.69) is 87.9 Å². The zero-order valence-electron chi connectivity index (χ0n) is 29.4. The minimum Gasteiger partial charge on any atom is -0.374 e. The van der Waals surface area contributed by atoms with Gasteiger partial charge in [0.25, 0.3) is 0 Å². The molecule has 0 spiro atoms.